The molecule has 0 fully saturated rings. The minimum absolute atomic E-state index is 0.835. The van der Waals surface area contributed by atoms with Crippen LogP contribution in [0.4, 0.5) is 0 Å². The number of allylic oxidation sites excluding steroid dienone is 1. The van der Waals surface area contributed by atoms with E-state index in [0.717, 1.165) is 3.63 Å². The Morgan fingerprint density at radius 3 is 2.20 bits per heavy atom. The topological polar surface area (TPSA) is 0 Å². The van der Waals surface area contributed by atoms with E-state index < -0.39 is 21.8 Å². The van der Waals surface area contributed by atoms with Crippen molar-refractivity contribution in [3.8, 4) is 0 Å². The molecule has 1 atom stereocenters. The van der Waals surface area contributed by atoms with Crippen LogP contribution in [0.15, 0.2) is 17.7 Å². The second kappa shape index (κ2) is 4.02. The summed E-state index contributed by atoms with van der Waals surface area (Å²) in [5, 5.41) is 0. The van der Waals surface area contributed by atoms with Gasteiger partial charge in [-0.15, -0.1) is 0 Å². The SMILES string of the molecule is CC1=Cc2cc(C)c(C)cc2[CH]1[Zr]([CH3])[CH3]. The molecule has 79 valence electrons. The Morgan fingerprint density at radius 1 is 1.00 bits per heavy atom. The first kappa shape index (κ1) is 11.3. The molecule has 0 saturated carbocycles. The van der Waals surface area contributed by atoms with Crippen LogP contribution < -0.4 is 0 Å². The third-order valence-corrected chi connectivity index (χ3v) is 8.15. The summed E-state index contributed by atoms with van der Waals surface area (Å²) < 4.78 is 5.85. The Morgan fingerprint density at radius 2 is 1.60 bits per heavy atom. The third kappa shape index (κ3) is 1.91. The zero-order chi connectivity index (χ0) is 11.2. The van der Waals surface area contributed by atoms with Gasteiger partial charge in [-0.3, -0.25) is 0 Å². The van der Waals surface area contributed by atoms with Crippen LogP contribution in [-0.4, -0.2) is 0 Å². The van der Waals surface area contributed by atoms with Gasteiger partial charge in [0.15, 0.2) is 0 Å². The molecule has 2 rings (SSSR count). The molecule has 0 aromatic heterocycles. The van der Waals surface area contributed by atoms with Gasteiger partial charge in [-0.1, -0.05) is 0 Å². The number of hydrogen-bond acceptors (Lipinski definition) is 0. The zero-order valence-corrected chi connectivity index (χ0v) is 12.8. The minimum atomic E-state index is -1.17. The average Bonchev–Trinajstić information content (AvgIpc) is 2.41. The molecule has 1 aromatic rings. The van der Waals surface area contributed by atoms with Crippen molar-refractivity contribution in [3.63, 3.8) is 0 Å². The van der Waals surface area contributed by atoms with Gasteiger partial charge < -0.3 is 0 Å². The van der Waals surface area contributed by atoms with Crippen molar-refractivity contribution in [3.05, 3.63) is 40.0 Å². The van der Waals surface area contributed by atoms with Crippen molar-refractivity contribution in [1.29, 1.82) is 0 Å². The molecule has 0 nitrogen and oxygen atoms in total. The summed E-state index contributed by atoms with van der Waals surface area (Å²) in [7, 11) is 0. The normalized spacial score (nSPS) is 18.7. The van der Waals surface area contributed by atoms with Crippen LogP contribution in [0.25, 0.3) is 6.08 Å². The Labute approximate surface area is 101 Å². The van der Waals surface area contributed by atoms with Crippen molar-refractivity contribution in [2.75, 3.05) is 0 Å². The van der Waals surface area contributed by atoms with Crippen LogP contribution in [0, 0.1) is 13.8 Å². The number of aryl methyl sites for hydroxylation is 2. The van der Waals surface area contributed by atoms with E-state index in [0.29, 0.717) is 0 Å². The van der Waals surface area contributed by atoms with E-state index in [9.17, 15) is 0 Å². The van der Waals surface area contributed by atoms with E-state index >= 15 is 0 Å². The second-order valence-electron chi connectivity index (χ2n) is 4.96. The molecule has 0 bridgehead atoms. The molecule has 0 radical (unpaired) electrons. The van der Waals surface area contributed by atoms with Crippen molar-refractivity contribution in [2.24, 2.45) is 0 Å². The van der Waals surface area contributed by atoms with Gasteiger partial charge in [0.05, 0.1) is 0 Å². The fourth-order valence-electron chi connectivity index (χ4n) is 2.58. The maximum absolute atomic E-state index is 2.51. The van der Waals surface area contributed by atoms with Gasteiger partial charge in [-0.2, -0.15) is 0 Å². The van der Waals surface area contributed by atoms with E-state index in [1.54, 1.807) is 11.1 Å². The molecule has 0 spiro atoms. The van der Waals surface area contributed by atoms with Crippen LogP contribution in [-0.2, 0) is 21.8 Å². The van der Waals surface area contributed by atoms with Gasteiger partial charge in [-0.25, -0.2) is 0 Å². The molecule has 0 saturated heterocycles. The molecule has 0 heterocycles. The van der Waals surface area contributed by atoms with Crippen LogP contribution in [0.3, 0.4) is 0 Å². The van der Waals surface area contributed by atoms with E-state index in [4.69, 9.17) is 0 Å². The maximum atomic E-state index is 2.51. The van der Waals surface area contributed by atoms with E-state index in [1.165, 1.54) is 16.7 Å². The average molecular weight is 279 g/mol. The summed E-state index contributed by atoms with van der Waals surface area (Å²) in [6.07, 6.45) is 2.40. The van der Waals surface area contributed by atoms with Crippen LogP contribution in [0.2, 0.25) is 9.26 Å². The summed E-state index contributed by atoms with van der Waals surface area (Å²) in [6.45, 7) is 6.75. The van der Waals surface area contributed by atoms with Crippen molar-refractivity contribution in [1.82, 2.24) is 0 Å². The molecule has 15 heavy (non-hydrogen) atoms. The number of rotatable bonds is 1. The molecule has 1 heteroatoms. The summed E-state index contributed by atoms with van der Waals surface area (Å²) in [6, 6.07) is 4.79. The first-order valence-electron chi connectivity index (χ1n) is 5.60. The monoisotopic (exact) mass is 277 g/mol. The van der Waals surface area contributed by atoms with Gasteiger partial charge in [0.25, 0.3) is 0 Å². The molecule has 1 unspecified atom stereocenters. The fraction of sp³-hybridized carbons (Fsp3) is 0.429. The van der Waals surface area contributed by atoms with Gasteiger partial charge >= 0.3 is 101 Å². The quantitative estimate of drug-likeness (QED) is 0.711. The predicted octanol–water partition coefficient (Wildman–Crippen LogP) is 4.48. The molecule has 0 aliphatic heterocycles. The van der Waals surface area contributed by atoms with Crippen LogP contribution in [0.1, 0.15) is 32.8 Å². The summed E-state index contributed by atoms with van der Waals surface area (Å²) in [5.41, 5.74) is 7.59. The van der Waals surface area contributed by atoms with Crippen LogP contribution in [0.5, 0.6) is 0 Å². The van der Waals surface area contributed by atoms with Gasteiger partial charge in [-0.05, 0) is 0 Å². The number of hydrogen-bond donors (Lipinski definition) is 0. The van der Waals surface area contributed by atoms with Crippen molar-refractivity contribution >= 4 is 6.08 Å². The summed E-state index contributed by atoms with van der Waals surface area (Å²) >= 11 is -1.17. The Kier molecular flexibility index (Phi) is 3.03. The molecule has 1 aliphatic rings. The van der Waals surface area contributed by atoms with E-state index in [1.807, 2.05) is 0 Å². The zero-order valence-electron chi connectivity index (χ0n) is 10.3. The standard InChI is InChI=1S/C12H13.2CH3.Zr/c1-8-4-11-6-9(2)10(3)7-12(11)5-8;;;/h4-7H,1-3H3;2*1H3;. The molecule has 0 N–H and O–H groups in total. The first-order valence-corrected chi connectivity index (χ1v) is 11.9. The Bertz CT molecular complexity index is 427. The fourth-order valence-corrected chi connectivity index (χ4v) is 7.16. The summed E-state index contributed by atoms with van der Waals surface area (Å²) in [5.74, 6) is 0. The van der Waals surface area contributed by atoms with Crippen molar-refractivity contribution < 1.29 is 21.8 Å². The van der Waals surface area contributed by atoms with Crippen LogP contribution >= 0.6 is 0 Å². The number of benzene rings is 1. The molecular weight excluding hydrogens is 259 g/mol. The predicted molar refractivity (Wildman–Crippen MR) is 64.0 cm³/mol. The Balaban J connectivity index is 2.56. The molecular formula is C14H19Zr. The second-order valence-corrected chi connectivity index (χ2v) is 11.7. The van der Waals surface area contributed by atoms with Gasteiger partial charge in [0.1, 0.15) is 0 Å². The van der Waals surface area contributed by atoms with Gasteiger partial charge in [0, 0.05) is 0 Å². The molecule has 1 aliphatic carbocycles. The molecule has 1 aromatic carbocycles. The first-order chi connectivity index (χ1) is 7.00. The molecule has 0 amide bonds. The number of fused-ring (bicyclic) bond motifs is 1. The van der Waals surface area contributed by atoms with E-state index in [2.05, 4.69) is 48.2 Å². The summed E-state index contributed by atoms with van der Waals surface area (Å²) in [4.78, 5) is 0. The van der Waals surface area contributed by atoms with Crippen molar-refractivity contribution in [2.45, 2.75) is 33.7 Å². The third-order valence-electron chi connectivity index (χ3n) is 3.43. The van der Waals surface area contributed by atoms with Gasteiger partial charge in [0.2, 0.25) is 0 Å². The van der Waals surface area contributed by atoms with E-state index in [-0.39, 0.29) is 0 Å². The Hall–Kier alpha value is -0.157.